The number of nitrogens with one attached hydrogen (secondary N) is 1. The van der Waals surface area contributed by atoms with E-state index < -0.39 is 0 Å². The third-order valence-electron chi connectivity index (χ3n) is 7.05. The number of hydrogen-bond acceptors (Lipinski definition) is 6. The monoisotopic (exact) mass is 488 g/mol. The van der Waals surface area contributed by atoms with Crippen LogP contribution in [0.2, 0.25) is 0 Å². The van der Waals surface area contributed by atoms with Crippen molar-refractivity contribution in [1.82, 2.24) is 10.3 Å². The predicted octanol–water partition coefficient (Wildman–Crippen LogP) is 4.57. The number of ether oxygens (including phenoxy) is 1. The molecule has 7 nitrogen and oxygen atoms in total. The van der Waals surface area contributed by atoms with Gasteiger partial charge in [-0.25, -0.2) is 4.98 Å². The minimum absolute atomic E-state index is 0.0554. The summed E-state index contributed by atoms with van der Waals surface area (Å²) in [6.45, 7) is 9.25. The van der Waals surface area contributed by atoms with Gasteiger partial charge in [0.25, 0.3) is 0 Å². The summed E-state index contributed by atoms with van der Waals surface area (Å²) in [4.78, 5) is 22.6. The molecular formula is C29H36N4O3. The fourth-order valence-electron chi connectivity index (χ4n) is 5.12. The number of anilines is 2. The Morgan fingerprint density at radius 1 is 0.972 bits per heavy atom. The number of piperidine rings is 1. The van der Waals surface area contributed by atoms with Crippen LogP contribution in [-0.2, 0) is 16.0 Å². The first-order chi connectivity index (χ1) is 17.6. The Morgan fingerprint density at radius 3 is 2.47 bits per heavy atom. The number of rotatable bonds is 7. The Bertz CT molecular complexity index is 1160. The van der Waals surface area contributed by atoms with Crippen LogP contribution in [0.1, 0.15) is 53.5 Å². The molecule has 7 heteroatoms. The molecule has 36 heavy (non-hydrogen) atoms. The summed E-state index contributed by atoms with van der Waals surface area (Å²) in [7, 11) is 0. The summed E-state index contributed by atoms with van der Waals surface area (Å²) >= 11 is 0. The van der Waals surface area contributed by atoms with Crippen LogP contribution in [0.5, 0.6) is 0 Å². The summed E-state index contributed by atoms with van der Waals surface area (Å²) in [5, 5.41) is 3.27. The van der Waals surface area contributed by atoms with Gasteiger partial charge in [-0.15, -0.1) is 0 Å². The standard InChI is InChI=1S/C29H36N4O3/c1-21-6-9-24(25(18-21)32-12-4-3-5-13-32)29(26-10-7-22(2)36-26)31-28(34)19-23-8-11-27(30-20-23)33-14-16-35-17-15-33/h6-11,18,20,29H,3-5,12-17,19H2,1-2H3,(H,31,34). The molecule has 1 unspecified atom stereocenters. The van der Waals surface area contributed by atoms with Gasteiger partial charge in [0, 0.05) is 43.6 Å². The summed E-state index contributed by atoms with van der Waals surface area (Å²) in [6.07, 6.45) is 5.72. The number of furan rings is 1. The van der Waals surface area contributed by atoms with Crippen molar-refractivity contribution in [3.8, 4) is 0 Å². The largest absolute Gasteiger partial charge is 0.464 e. The molecule has 0 bridgehead atoms. The second-order valence-electron chi connectivity index (χ2n) is 9.86. The molecular weight excluding hydrogens is 452 g/mol. The molecule has 2 fully saturated rings. The zero-order valence-electron chi connectivity index (χ0n) is 21.3. The van der Waals surface area contributed by atoms with Gasteiger partial charge in [0.1, 0.15) is 23.4 Å². The van der Waals surface area contributed by atoms with E-state index in [4.69, 9.17) is 9.15 Å². The molecule has 2 aliphatic rings. The summed E-state index contributed by atoms with van der Waals surface area (Å²) in [5.74, 6) is 2.46. The SMILES string of the molecule is Cc1ccc(C(NC(=O)Cc2ccc(N3CCOCC3)nc2)c2ccc(C)o2)c(N2CCCCC2)c1. The van der Waals surface area contributed by atoms with E-state index in [-0.39, 0.29) is 18.4 Å². The molecule has 1 N–H and O–H groups in total. The Morgan fingerprint density at radius 2 is 1.78 bits per heavy atom. The first-order valence-corrected chi connectivity index (χ1v) is 13.1. The highest BCUT2D eigenvalue weighted by molar-refractivity contribution is 5.80. The average Bonchev–Trinajstić information content (AvgIpc) is 3.35. The fourth-order valence-corrected chi connectivity index (χ4v) is 5.12. The van der Waals surface area contributed by atoms with Crippen molar-refractivity contribution in [3.63, 3.8) is 0 Å². The van der Waals surface area contributed by atoms with Gasteiger partial charge in [0.2, 0.25) is 5.91 Å². The van der Waals surface area contributed by atoms with Gasteiger partial charge < -0.3 is 24.3 Å². The Hall–Kier alpha value is -3.32. The lowest BCUT2D eigenvalue weighted by molar-refractivity contribution is -0.121. The van der Waals surface area contributed by atoms with E-state index in [2.05, 4.69) is 45.2 Å². The maximum Gasteiger partial charge on any atom is 0.225 e. The minimum Gasteiger partial charge on any atom is -0.464 e. The van der Waals surface area contributed by atoms with Crippen LogP contribution >= 0.6 is 0 Å². The molecule has 1 atom stereocenters. The smallest absolute Gasteiger partial charge is 0.225 e. The van der Waals surface area contributed by atoms with E-state index in [1.807, 2.05) is 37.4 Å². The molecule has 5 rings (SSSR count). The first-order valence-electron chi connectivity index (χ1n) is 13.1. The Balaban J connectivity index is 1.36. The van der Waals surface area contributed by atoms with Crippen LogP contribution < -0.4 is 15.1 Å². The van der Waals surface area contributed by atoms with E-state index in [0.717, 1.165) is 67.9 Å². The van der Waals surface area contributed by atoms with E-state index >= 15 is 0 Å². The average molecular weight is 489 g/mol. The third kappa shape index (κ3) is 5.73. The lowest BCUT2D eigenvalue weighted by atomic mass is 9.97. The normalized spacial score (nSPS) is 17.2. The maximum absolute atomic E-state index is 13.3. The summed E-state index contributed by atoms with van der Waals surface area (Å²) in [5.41, 5.74) is 4.36. The summed E-state index contributed by atoms with van der Waals surface area (Å²) < 4.78 is 11.5. The van der Waals surface area contributed by atoms with E-state index in [0.29, 0.717) is 0 Å². The number of aromatic nitrogens is 1. The number of hydrogen-bond donors (Lipinski definition) is 1. The van der Waals surface area contributed by atoms with E-state index in [1.54, 1.807) is 0 Å². The van der Waals surface area contributed by atoms with Crippen molar-refractivity contribution >= 4 is 17.4 Å². The molecule has 4 heterocycles. The predicted molar refractivity (Wildman–Crippen MR) is 142 cm³/mol. The molecule has 3 aromatic rings. The zero-order chi connectivity index (χ0) is 24.9. The number of pyridine rings is 1. The second kappa shape index (κ2) is 11.2. The van der Waals surface area contributed by atoms with Crippen LogP contribution in [-0.4, -0.2) is 50.3 Å². The van der Waals surface area contributed by atoms with Crippen LogP contribution in [0.4, 0.5) is 11.5 Å². The maximum atomic E-state index is 13.3. The van der Waals surface area contributed by atoms with Gasteiger partial charge in [-0.1, -0.05) is 18.2 Å². The van der Waals surface area contributed by atoms with Crippen molar-refractivity contribution in [2.24, 2.45) is 0 Å². The first kappa shape index (κ1) is 24.4. The molecule has 0 radical (unpaired) electrons. The number of morpholine rings is 1. The Labute approximate surface area is 213 Å². The van der Waals surface area contributed by atoms with E-state index in [9.17, 15) is 4.79 Å². The fraction of sp³-hybridized carbons (Fsp3) is 0.448. The quantitative estimate of drug-likeness (QED) is 0.526. The van der Waals surface area contributed by atoms with Crippen molar-refractivity contribution in [3.05, 3.63) is 76.9 Å². The lowest BCUT2D eigenvalue weighted by Crippen LogP contribution is -2.36. The molecule has 0 spiro atoms. The van der Waals surface area contributed by atoms with Gasteiger partial charge in [0.15, 0.2) is 0 Å². The van der Waals surface area contributed by atoms with E-state index in [1.165, 1.54) is 30.5 Å². The summed E-state index contributed by atoms with van der Waals surface area (Å²) in [6, 6.07) is 14.1. The Kier molecular flexibility index (Phi) is 7.56. The van der Waals surface area contributed by atoms with Crippen molar-refractivity contribution in [2.45, 2.75) is 45.6 Å². The van der Waals surface area contributed by atoms with Gasteiger partial charge in [-0.3, -0.25) is 4.79 Å². The molecule has 0 saturated carbocycles. The number of carbonyl (C=O) groups is 1. The third-order valence-corrected chi connectivity index (χ3v) is 7.05. The molecule has 1 amide bonds. The van der Waals surface area contributed by atoms with Crippen LogP contribution in [0.3, 0.4) is 0 Å². The lowest BCUT2D eigenvalue weighted by Gasteiger charge is -2.32. The highest BCUT2D eigenvalue weighted by Gasteiger charge is 2.26. The van der Waals surface area contributed by atoms with Crippen molar-refractivity contribution in [1.29, 1.82) is 0 Å². The van der Waals surface area contributed by atoms with Crippen molar-refractivity contribution in [2.75, 3.05) is 49.2 Å². The number of benzene rings is 1. The molecule has 1 aromatic carbocycles. The molecule has 0 aliphatic carbocycles. The van der Waals surface area contributed by atoms with Crippen LogP contribution in [0, 0.1) is 13.8 Å². The molecule has 2 saturated heterocycles. The van der Waals surface area contributed by atoms with Crippen LogP contribution in [0.15, 0.2) is 53.1 Å². The topological polar surface area (TPSA) is 70.8 Å². The number of amides is 1. The van der Waals surface area contributed by atoms with Crippen LogP contribution in [0.25, 0.3) is 0 Å². The number of carbonyl (C=O) groups excluding carboxylic acids is 1. The van der Waals surface area contributed by atoms with Gasteiger partial charge in [-0.05, 0) is 68.5 Å². The molecule has 2 aromatic heterocycles. The molecule has 190 valence electrons. The highest BCUT2D eigenvalue weighted by atomic mass is 16.5. The second-order valence-corrected chi connectivity index (χ2v) is 9.86. The number of nitrogens with zero attached hydrogens (tertiary/aromatic N) is 3. The van der Waals surface area contributed by atoms with Gasteiger partial charge in [0.05, 0.1) is 19.6 Å². The zero-order valence-corrected chi connectivity index (χ0v) is 21.3. The highest BCUT2D eigenvalue weighted by Crippen LogP contribution is 2.34. The molecule has 2 aliphatic heterocycles. The van der Waals surface area contributed by atoms with Gasteiger partial charge in [-0.2, -0.15) is 0 Å². The van der Waals surface area contributed by atoms with Gasteiger partial charge >= 0.3 is 0 Å². The van der Waals surface area contributed by atoms with Crippen molar-refractivity contribution < 1.29 is 13.9 Å². The minimum atomic E-state index is -0.357. The number of aryl methyl sites for hydroxylation is 2.